The molecule has 6 heteroatoms. The lowest BCUT2D eigenvalue weighted by molar-refractivity contribution is -0.113. The highest BCUT2D eigenvalue weighted by molar-refractivity contribution is 6.12. The van der Waals surface area contributed by atoms with Crippen LogP contribution >= 0.6 is 0 Å². The van der Waals surface area contributed by atoms with Gasteiger partial charge in [0.25, 0.3) is 0 Å². The number of aliphatic hydroxyl groups is 1. The molecule has 0 spiro atoms. The van der Waals surface area contributed by atoms with E-state index in [1.165, 1.54) is 37.4 Å². The number of hydrogen-bond acceptors (Lipinski definition) is 4. The first-order valence-electron chi connectivity index (χ1n) is 12.9. The van der Waals surface area contributed by atoms with Crippen LogP contribution < -0.4 is 5.73 Å². The van der Waals surface area contributed by atoms with Crippen LogP contribution in [0.4, 0.5) is 4.39 Å². The summed E-state index contributed by atoms with van der Waals surface area (Å²) >= 11 is 0. The molecular formula is C31H49FN2O3. The monoisotopic (exact) mass is 516 g/mol. The third kappa shape index (κ3) is 16.2. The smallest absolute Gasteiger partial charge is 0.249 e. The van der Waals surface area contributed by atoms with Gasteiger partial charge in [0.1, 0.15) is 11.6 Å². The summed E-state index contributed by atoms with van der Waals surface area (Å²) in [5.74, 6) is -1.05. The Morgan fingerprint density at radius 1 is 1.05 bits per heavy atom. The van der Waals surface area contributed by atoms with Gasteiger partial charge in [-0.3, -0.25) is 14.6 Å². The zero-order valence-corrected chi connectivity index (χ0v) is 24.8. The molecule has 0 aliphatic carbocycles. The van der Waals surface area contributed by atoms with E-state index in [0.717, 1.165) is 12.3 Å². The number of halogens is 1. The number of amides is 1. The second-order valence-corrected chi connectivity index (χ2v) is 8.33. The number of aliphatic hydroxyl groups excluding tert-OH is 1. The maximum atomic E-state index is 14.3. The number of ketones is 1. The van der Waals surface area contributed by atoms with E-state index >= 15 is 0 Å². The molecule has 1 aromatic rings. The van der Waals surface area contributed by atoms with E-state index in [9.17, 15) is 19.1 Å². The molecule has 1 aromatic carbocycles. The minimum absolute atomic E-state index is 0.0306. The second-order valence-electron chi connectivity index (χ2n) is 8.33. The molecule has 0 heterocycles. The number of rotatable bonds is 9. The standard InChI is InChI=1S/C23H27FN2O3.C4H10.2C2H6/c1-6-10-26-13-19(17(5)27)21(28)12-15(3)14(2)11-16(4)22-18(23(25)29)8-7-9-20(22)24;1-4(2)3;2*1-2/h7-9,11-13,28H,4,6,10H2,1-3,5H3,(H2,25,29);4H,1-3H3;2*1-2H3/b14-11+,15-12+,21-19-,26-13?;;;. The van der Waals surface area contributed by atoms with Gasteiger partial charge < -0.3 is 10.8 Å². The second kappa shape index (κ2) is 22.0. The Morgan fingerprint density at radius 2 is 1.54 bits per heavy atom. The average Bonchev–Trinajstić information content (AvgIpc) is 2.83. The van der Waals surface area contributed by atoms with Crippen molar-refractivity contribution < 1.29 is 19.1 Å². The first kappa shape index (κ1) is 38.3. The van der Waals surface area contributed by atoms with E-state index in [4.69, 9.17) is 5.73 Å². The molecule has 0 fully saturated rings. The van der Waals surface area contributed by atoms with Crippen LogP contribution in [0.3, 0.4) is 0 Å². The van der Waals surface area contributed by atoms with Gasteiger partial charge in [-0.05, 0) is 68.0 Å². The van der Waals surface area contributed by atoms with Gasteiger partial charge in [-0.2, -0.15) is 0 Å². The molecule has 0 unspecified atom stereocenters. The van der Waals surface area contributed by atoms with Gasteiger partial charge in [0.2, 0.25) is 5.91 Å². The summed E-state index contributed by atoms with van der Waals surface area (Å²) in [6.07, 6.45) is 5.21. The van der Waals surface area contributed by atoms with Crippen LogP contribution in [0.1, 0.15) is 98.5 Å². The molecule has 208 valence electrons. The Hall–Kier alpha value is -3.28. The largest absolute Gasteiger partial charge is 0.507 e. The summed E-state index contributed by atoms with van der Waals surface area (Å²) in [5, 5.41) is 10.3. The number of nitrogens with two attached hydrogens (primary N) is 1. The van der Waals surface area contributed by atoms with Crippen LogP contribution in [-0.2, 0) is 4.79 Å². The number of Topliss-reactive ketones (excluding diaryl/α,β-unsaturated/α-hetero) is 1. The lowest BCUT2D eigenvalue weighted by Gasteiger charge is -2.10. The highest BCUT2D eigenvalue weighted by Crippen LogP contribution is 2.25. The van der Waals surface area contributed by atoms with Crippen molar-refractivity contribution in [1.29, 1.82) is 0 Å². The third-order valence-electron chi connectivity index (χ3n) is 4.19. The molecule has 0 saturated heterocycles. The van der Waals surface area contributed by atoms with Gasteiger partial charge >= 0.3 is 0 Å². The number of primary amides is 1. The Labute approximate surface area is 224 Å². The fourth-order valence-electron chi connectivity index (χ4n) is 2.52. The number of allylic oxidation sites excluding steroid dienone is 6. The van der Waals surface area contributed by atoms with Gasteiger partial charge in [-0.25, -0.2) is 4.39 Å². The first-order valence-corrected chi connectivity index (χ1v) is 12.9. The number of carbonyl (C=O) groups is 2. The number of benzene rings is 1. The van der Waals surface area contributed by atoms with Gasteiger partial charge in [-0.1, -0.05) is 74.1 Å². The molecule has 0 aliphatic heterocycles. The highest BCUT2D eigenvalue weighted by atomic mass is 19.1. The molecule has 0 atom stereocenters. The van der Waals surface area contributed by atoms with Crippen molar-refractivity contribution >= 4 is 23.5 Å². The minimum atomic E-state index is -0.753. The number of aliphatic imine (C=N–C) groups is 1. The van der Waals surface area contributed by atoms with Crippen molar-refractivity contribution in [2.75, 3.05) is 6.54 Å². The van der Waals surface area contributed by atoms with Crippen molar-refractivity contribution in [3.8, 4) is 0 Å². The topological polar surface area (TPSA) is 92.8 Å². The summed E-state index contributed by atoms with van der Waals surface area (Å²) in [4.78, 5) is 27.5. The first-order chi connectivity index (χ1) is 17.3. The van der Waals surface area contributed by atoms with Crippen LogP contribution in [0.2, 0.25) is 0 Å². The molecule has 37 heavy (non-hydrogen) atoms. The molecule has 1 amide bonds. The average molecular weight is 517 g/mol. The fourth-order valence-corrected chi connectivity index (χ4v) is 2.52. The Morgan fingerprint density at radius 3 is 1.97 bits per heavy atom. The van der Waals surface area contributed by atoms with Gasteiger partial charge in [0.15, 0.2) is 5.78 Å². The quantitative estimate of drug-likeness (QED) is 0.149. The third-order valence-corrected chi connectivity index (χ3v) is 4.19. The zero-order valence-electron chi connectivity index (χ0n) is 24.8. The Balaban J connectivity index is -0.00000128. The Kier molecular flexibility index (Phi) is 22.7. The normalized spacial score (nSPS) is 11.8. The molecular weight excluding hydrogens is 467 g/mol. The molecule has 1 rings (SSSR count). The van der Waals surface area contributed by atoms with Crippen LogP contribution in [0, 0.1) is 11.7 Å². The van der Waals surface area contributed by atoms with Crippen molar-refractivity contribution in [1.82, 2.24) is 0 Å². The van der Waals surface area contributed by atoms with E-state index in [1.54, 1.807) is 19.9 Å². The van der Waals surface area contributed by atoms with E-state index in [-0.39, 0.29) is 33.8 Å². The molecule has 0 saturated carbocycles. The summed E-state index contributed by atoms with van der Waals surface area (Å²) in [5.41, 5.74) is 7.05. The van der Waals surface area contributed by atoms with Crippen molar-refractivity contribution in [3.63, 3.8) is 0 Å². The van der Waals surface area contributed by atoms with Crippen LogP contribution in [0.25, 0.3) is 5.57 Å². The van der Waals surface area contributed by atoms with E-state index in [2.05, 4.69) is 32.3 Å². The summed E-state index contributed by atoms with van der Waals surface area (Å²) < 4.78 is 14.3. The molecule has 0 bridgehead atoms. The van der Waals surface area contributed by atoms with Crippen molar-refractivity contribution in [3.05, 3.63) is 76.4 Å². The highest BCUT2D eigenvalue weighted by Gasteiger charge is 2.15. The summed E-state index contributed by atoms with van der Waals surface area (Å²) in [7, 11) is 0. The van der Waals surface area contributed by atoms with Gasteiger partial charge in [0, 0.05) is 23.9 Å². The fraction of sp³-hybridized carbons (Fsp3) is 0.452. The van der Waals surface area contributed by atoms with Crippen LogP contribution in [-0.4, -0.2) is 29.6 Å². The van der Waals surface area contributed by atoms with Crippen LogP contribution in [0.5, 0.6) is 0 Å². The summed E-state index contributed by atoms with van der Waals surface area (Å²) in [6.45, 7) is 25.7. The van der Waals surface area contributed by atoms with E-state index < -0.39 is 11.7 Å². The molecule has 5 nitrogen and oxygen atoms in total. The number of hydrogen-bond donors (Lipinski definition) is 2. The predicted octanol–water partition coefficient (Wildman–Crippen LogP) is 8.43. The summed E-state index contributed by atoms with van der Waals surface area (Å²) in [6, 6.07) is 4.06. The maximum absolute atomic E-state index is 14.3. The lowest BCUT2D eigenvalue weighted by Crippen LogP contribution is -2.14. The molecule has 3 N–H and O–H groups in total. The molecule has 0 radical (unpaired) electrons. The molecule has 0 aromatic heterocycles. The SMILES string of the molecule is C=C(/C=C(C)/C(C)=C/C(O)=C(\C=NCCC)C(C)=O)c1c(F)cccc1C(N)=O.CC.CC.CC(C)C. The Bertz CT molecular complexity index is 981. The minimum Gasteiger partial charge on any atom is -0.507 e. The molecule has 0 aliphatic rings. The van der Waals surface area contributed by atoms with Gasteiger partial charge in [-0.15, -0.1) is 0 Å². The lowest BCUT2D eigenvalue weighted by atomic mass is 9.96. The van der Waals surface area contributed by atoms with Crippen LogP contribution in [0.15, 0.2) is 64.4 Å². The van der Waals surface area contributed by atoms with Crippen molar-refractivity contribution in [2.24, 2.45) is 16.6 Å². The number of carbonyl (C=O) groups excluding carboxylic acids is 2. The maximum Gasteiger partial charge on any atom is 0.249 e. The zero-order chi connectivity index (χ0) is 29.7. The van der Waals surface area contributed by atoms with Gasteiger partial charge in [0.05, 0.1) is 5.57 Å². The van der Waals surface area contributed by atoms with E-state index in [1.807, 2.05) is 34.6 Å². The van der Waals surface area contributed by atoms with Crippen molar-refractivity contribution in [2.45, 2.75) is 82.6 Å². The predicted molar refractivity (Wildman–Crippen MR) is 159 cm³/mol. The van der Waals surface area contributed by atoms with E-state index in [0.29, 0.717) is 17.7 Å². The number of nitrogens with zero attached hydrogens (tertiary/aromatic N) is 1.